The second kappa shape index (κ2) is 2.99. The zero-order chi connectivity index (χ0) is 8.55. The molecule has 12 heavy (non-hydrogen) atoms. The van der Waals surface area contributed by atoms with E-state index in [1.807, 2.05) is 6.07 Å². The van der Waals surface area contributed by atoms with Crippen LogP contribution in [0.25, 0.3) is 0 Å². The molecule has 0 saturated heterocycles. The van der Waals surface area contributed by atoms with Gasteiger partial charge in [-0.05, 0) is 18.4 Å². The van der Waals surface area contributed by atoms with Crippen molar-refractivity contribution in [3.8, 4) is 5.75 Å². The molecule has 1 aromatic carbocycles. The van der Waals surface area contributed by atoms with Crippen LogP contribution in [0.3, 0.4) is 0 Å². The lowest BCUT2D eigenvalue weighted by molar-refractivity contribution is 0.333. The Balaban J connectivity index is 2.41. The van der Waals surface area contributed by atoms with E-state index in [1.165, 1.54) is 4.90 Å². The highest BCUT2D eigenvalue weighted by molar-refractivity contribution is 7.98. The summed E-state index contributed by atoms with van der Waals surface area (Å²) in [6.07, 6.45) is 2.05. The largest absolute Gasteiger partial charge is 0.491 e. The van der Waals surface area contributed by atoms with Crippen LogP contribution >= 0.6 is 11.8 Å². The average molecular weight is 181 g/mol. The van der Waals surface area contributed by atoms with Gasteiger partial charge in [-0.3, -0.25) is 0 Å². The molecule has 0 bridgehead atoms. The van der Waals surface area contributed by atoms with Gasteiger partial charge in [0, 0.05) is 10.5 Å². The standard InChI is InChI=1S/C9H11NOS/c1-12-6-2-3-7-8(10)5-11-9(7)4-6/h2-4,8H,5,10H2,1H3. The van der Waals surface area contributed by atoms with Crippen molar-refractivity contribution < 1.29 is 4.74 Å². The van der Waals surface area contributed by atoms with Gasteiger partial charge in [0.1, 0.15) is 12.4 Å². The van der Waals surface area contributed by atoms with Crippen LogP contribution in [0.4, 0.5) is 0 Å². The first-order valence-electron chi connectivity index (χ1n) is 3.87. The first-order chi connectivity index (χ1) is 5.81. The molecule has 1 aromatic rings. The van der Waals surface area contributed by atoms with Crippen molar-refractivity contribution in [3.05, 3.63) is 23.8 Å². The van der Waals surface area contributed by atoms with Crippen molar-refractivity contribution in [2.75, 3.05) is 12.9 Å². The highest BCUT2D eigenvalue weighted by Gasteiger charge is 2.19. The number of rotatable bonds is 1. The predicted molar refractivity (Wildman–Crippen MR) is 50.6 cm³/mol. The fourth-order valence-electron chi connectivity index (χ4n) is 1.34. The number of hydrogen-bond acceptors (Lipinski definition) is 3. The summed E-state index contributed by atoms with van der Waals surface area (Å²) in [5.41, 5.74) is 6.94. The Morgan fingerprint density at radius 3 is 3.17 bits per heavy atom. The quantitative estimate of drug-likeness (QED) is 0.671. The molecule has 1 heterocycles. The molecular weight excluding hydrogens is 170 g/mol. The van der Waals surface area contributed by atoms with Crippen molar-refractivity contribution in [1.82, 2.24) is 0 Å². The smallest absolute Gasteiger partial charge is 0.125 e. The Morgan fingerprint density at radius 2 is 2.42 bits per heavy atom. The summed E-state index contributed by atoms with van der Waals surface area (Å²) in [7, 11) is 0. The second-order valence-corrected chi connectivity index (χ2v) is 3.70. The summed E-state index contributed by atoms with van der Waals surface area (Å²) in [6, 6.07) is 6.25. The SMILES string of the molecule is CSc1ccc2c(c1)OCC2N. The van der Waals surface area contributed by atoms with E-state index in [4.69, 9.17) is 10.5 Å². The van der Waals surface area contributed by atoms with Crippen molar-refractivity contribution in [1.29, 1.82) is 0 Å². The molecule has 1 aliphatic heterocycles. The molecule has 1 unspecified atom stereocenters. The summed E-state index contributed by atoms with van der Waals surface area (Å²) in [5, 5.41) is 0. The van der Waals surface area contributed by atoms with Gasteiger partial charge in [0.15, 0.2) is 0 Å². The van der Waals surface area contributed by atoms with Crippen molar-refractivity contribution in [2.24, 2.45) is 5.73 Å². The number of thioether (sulfide) groups is 1. The molecule has 0 spiro atoms. The van der Waals surface area contributed by atoms with Crippen LogP contribution in [0, 0.1) is 0 Å². The first kappa shape index (κ1) is 7.95. The Kier molecular flexibility index (Phi) is 1.98. The lowest BCUT2D eigenvalue weighted by atomic mass is 10.1. The molecule has 2 N–H and O–H groups in total. The highest BCUT2D eigenvalue weighted by Crippen LogP contribution is 2.33. The van der Waals surface area contributed by atoms with Gasteiger partial charge < -0.3 is 10.5 Å². The Hall–Kier alpha value is -0.670. The molecule has 2 nitrogen and oxygen atoms in total. The molecule has 1 aliphatic rings. The van der Waals surface area contributed by atoms with Crippen molar-refractivity contribution >= 4 is 11.8 Å². The summed E-state index contributed by atoms with van der Waals surface area (Å²) in [5.74, 6) is 0.953. The van der Waals surface area contributed by atoms with Gasteiger partial charge in [-0.25, -0.2) is 0 Å². The van der Waals surface area contributed by atoms with Gasteiger partial charge in [0.2, 0.25) is 0 Å². The molecule has 0 aromatic heterocycles. The number of hydrogen-bond donors (Lipinski definition) is 1. The van der Waals surface area contributed by atoms with Crippen molar-refractivity contribution in [2.45, 2.75) is 10.9 Å². The normalized spacial score (nSPS) is 20.3. The van der Waals surface area contributed by atoms with Crippen LogP contribution in [0.5, 0.6) is 5.75 Å². The summed E-state index contributed by atoms with van der Waals surface area (Å²) < 4.78 is 5.41. The van der Waals surface area contributed by atoms with E-state index < -0.39 is 0 Å². The number of nitrogens with two attached hydrogens (primary N) is 1. The third kappa shape index (κ3) is 1.19. The van der Waals surface area contributed by atoms with E-state index in [1.54, 1.807) is 11.8 Å². The lowest BCUT2D eigenvalue weighted by Gasteiger charge is -2.01. The van der Waals surface area contributed by atoms with E-state index in [9.17, 15) is 0 Å². The summed E-state index contributed by atoms with van der Waals surface area (Å²) in [4.78, 5) is 1.22. The predicted octanol–water partition coefficient (Wildman–Crippen LogP) is 1.80. The van der Waals surface area contributed by atoms with E-state index in [0.29, 0.717) is 6.61 Å². The maximum Gasteiger partial charge on any atom is 0.125 e. The van der Waals surface area contributed by atoms with Gasteiger partial charge in [0.05, 0.1) is 6.04 Å². The van der Waals surface area contributed by atoms with Crippen LogP contribution in [0.15, 0.2) is 23.1 Å². The molecule has 2 rings (SSSR count). The minimum absolute atomic E-state index is 0.0657. The molecule has 0 fully saturated rings. The lowest BCUT2D eigenvalue weighted by Crippen LogP contribution is -2.10. The Bertz CT molecular complexity index is 301. The van der Waals surface area contributed by atoms with Crippen LogP contribution < -0.4 is 10.5 Å². The van der Waals surface area contributed by atoms with Gasteiger partial charge in [-0.1, -0.05) is 6.07 Å². The van der Waals surface area contributed by atoms with Crippen LogP contribution in [-0.2, 0) is 0 Å². The third-order valence-electron chi connectivity index (χ3n) is 2.04. The zero-order valence-corrected chi connectivity index (χ0v) is 7.73. The topological polar surface area (TPSA) is 35.2 Å². The molecule has 3 heteroatoms. The number of fused-ring (bicyclic) bond motifs is 1. The van der Waals surface area contributed by atoms with Gasteiger partial charge in [-0.15, -0.1) is 11.8 Å². The minimum atomic E-state index is 0.0657. The zero-order valence-electron chi connectivity index (χ0n) is 6.91. The van der Waals surface area contributed by atoms with Gasteiger partial charge in [0.25, 0.3) is 0 Å². The van der Waals surface area contributed by atoms with E-state index in [-0.39, 0.29) is 6.04 Å². The number of benzene rings is 1. The van der Waals surface area contributed by atoms with Gasteiger partial charge in [-0.2, -0.15) is 0 Å². The fraction of sp³-hybridized carbons (Fsp3) is 0.333. The van der Waals surface area contributed by atoms with Gasteiger partial charge >= 0.3 is 0 Å². The maximum absolute atomic E-state index is 5.81. The molecular formula is C9H11NOS. The van der Waals surface area contributed by atoms with E-state index >= 15 is 0 Å². The Labute approximate surface area is 76.1 Å². The van der Waals surface area contributed by atoms with Crippen LogP contribution in [0.1, 0.15) is 11.6 Å². The van der Waals surface area contributed by atoms with Crippen molar-refractivity contribution in [3.63, 3.8) is 0 Å². The second-order valence-electron chi connectivity index (χ2n) is 2.82. The summed E-state index contributed by atoms with van der Waals surface area (Å²) in [6.45, 7) is 0.618. The first-order valence-corrected chi connectivity index (χ1v) is 5.10. The molecule has 0 aliphatic carbocycles. The molecule has 1 atom stereocenters. The van der Waals surface area contributed by atoms with Crippen LogP contribution in [-0.4, -0.2) is 12.9 Å². The fourth-order valence-corrected chi connectivity index (χ4v) is 1.77. The molecule has 0 radical (unpaired) electrons. The molecule has 64 valence electrons. The third-order valence-corrected chi connectivity index (χ3v) is 2.76. The molecule has 0 saturated carbocycles. The monoisotopic (exact) mass is 181 g/mol. The number of ether oxygens (including phenoxy) is 1. The maximum atomic E-state index is 5.81. The molecule has 0 amide bonds. The van der Waals surface area contributed by atoms with E-state index in [0.717, 1.165) is 11.3 Å². The minimum Gasteiger partial charge on any atom is -0.491 e. The van der Waals surface area contributed by atoms with Crippen LogP contribution in [0.2, 0.25) is 0 Å². The van der Waals surface area contributed by atoms with E-state index in [2.05, 4.69) is 18.4 Å². The Morgan fingerprint density at radius 1 is 1.58 bits per heavy atom. The summed E-state index contributed by atoms with van der Waals surface area (Å²) >= 11 is 1.72. The highest BCUT2D eigenvalue weighted by atomic mass is 32.2. The average Bonchev–Trinajstić information content (AvgIpc) is 2.47.